The molecular formula is C16H29NO2. The summed E-state index contributed by atoms with van der Waals surface area (Å²) in [6.07, 6.45) is 13.5. The van der Waals surface area contributed by atoms with Gasteiger partial charge in [-0.2, -0.15) is 5.48 Å². The molecule has 0 saturated heterocycles. The van der Waals surface area contributed by atoms with Crippen LogP contribution in [0.1, 0.15) is 77.6 Å². The van der Waals surface area contributed by atoms with E-state index in [1.54, 1.807) is 0 Å². The normalized spacial score (nSPS) is 24.1. The minimum Gasteiger partial charge on any atom is -0.370 e. The molecule has 2 aliphatic rings. The van der Waals surface area contributed by atoms with E-state index in [-0.39, 0.29) is 5.97 Å². The van der Waals surface area contributed by atoms with E-state index >= 15 is 0 Å². The van der Waals surface area contributed by atoms with Crippen molar-refractivity contribution in [1.82, 2.24) is 5.48 Å². The molecule has 1 unspecified atom stereocenters. The first kappa shape index (κ1) is 14.8. The van der Waals surface area contributed by atoms with Crippen molar-refractivity contribution in [1.29, 1.82) is 0 Å². The number of hydrogen-bond acceptors (Lipinski definition) is 3. The molecule has 0 aromatic rings. The summed E-state index contributed by atoms with van der Waals surface area (Å²) in [5, 5.41) is 0. The molecule has 3 heteroatoms. The number of carbonyl (C=O) groups is 1. The molecule has 0 heterocycles. The molecule has 0 aromatic heterocycles. The fourth-order valence-corrected chi connectivity index (χ4v) is 3.56. The van der Waals surface area contributed by atoms with Gasteiger partial charge in [-0.25, -0.2) is 0 Å². The van der Waals surface area contributed by atoms with Crippen LogP contribution in [0.3, 0.4) is 0 Å². The Labute approximate surface area is 117 Å². The van der Waals surface area contributed by atoms with Crippen molar-refractivity contribution in [3.8, 4) is 0 Å². The van der Waals surface area contributed by atoms with Crippen LogP contribution in [0.4, 0.5) is 0 Å². The van der Waals surface area contributed by atoms with Crippen LogP contribution in [0.15, 0.2) is 0 Å². The highest BCUT2D eigenvalue weighted by molar-refractivity contribution is 5.69. The van der Waals surface area contributed by atoms with Crippen molar-refractivity contribution in [3.63, 3.8) is 0 Å². The summed E-state index contributed by atoms with van der Waals surface area (Å²) in [7, 11) is 0. The second-order valence-electron chi connectivity index (χ2n) is 6.49. The summed E-state index contributed by atoms with van der Waals surface area (Å²) in [6, 6.07) is 0.301. The van der Waals surface area contributed by atoms with Gasteiger partial charge < -0.3 is 4.84 Å². The molecule has 0 bridgehead atoms. The summed E-state index contributed by atoms with van der Waals surface area (Å²) in [5.74, 6) is 1.18. The van der Waals surface area contributed by atoms with Gasteiger partial charge in [0.2, 0.25) is 0 Å². The molecule has 2 saturated carbocycles. The Bertz CT molecular complexity index is 268. The molecule has 0 aliphatic heterocycles. The maximum Gasteiger partial charge on any atom is 0.325 e. The lowest BCUT2D eigenvalue weighted by atomic mass is 9.85. The van der Waals surface area contributed by atoms with Crippen molar-refractivity contribution < 1.29 is 9.63 Å². The maximum absolute atomic E-state index is 11.8. The Hall–Kier alpha value is -0.570. The van der Waals surface area contributed by atoms with Crippen molar-refractivity contribution >= 4 is 5.97 Å². The van der Waals surface area contributed by atoms with Gasteiger partial charge in [-0.15, -0.1) is 0 Å². The molecule has 0 amide bonds. The molecular weight excluding hydrogens is 238 g/mol. The summed E-state index contributed by atoms with van der Waals surface area (Å²) in [4.78, 5) is 17.1. The van der Waals surface area contributed by atoms with Crippen LogP contribution in [0.25, 0.3) is 0 Å². The average Bonchev–Trinajstić information content (AvgIpc) is 2.47. The van der Waals surface area contributed by atoms with Crippen LogP contribution in [-0.4, -0.2) is 12.0 Å². The molecule has 19 heavy (non-hydrogen) atoms. The second-order valence-corrected chi connectivity index (χ2v) is 6.49. The summed E-state index contributed by atoms with van der Waals surface area (Å²) >= 11 is 0. The van der Waals surface area contributed by atoms with Crippen LogP contribution in [-0.2, 0) is 9.63 Å². The van der Waals surface area contributed by atoms with Gasteiger partial charge in [-0.3, -0.25) is 4.79 Å². The van der Waals surface area contributed by atoms with Crippen LogP contribution in [0.5, 0.6) is 0 Å². The Morgan fingerprint density at radius 3 is 2.26 bits per heavy atom. The monoisotopic (exact) mass is 267 g/mol. The van der Waals surface area contributed by atoms with Gasteiger partial charge in [-0.05, 0) is 44.4 Å². The molecule has 2 rings (SSSR count). The number of carbonyl (C=O) groups excluding carboxylic acids is 1. The van der Waals surface area contributed by atoms with Crippen molar-refractivity contribution in [2.24, 2.45) is 11.8 Å². The van der Waals surface area contributed by atoms with Gasteiger partial charge in [0, 0.05) is 6.04 Å². The Balaban J connectivity index is 1.61. The quantitative estimate of drug-likeness (QED) is 0.766. The lowest BCUT2D eigenvalue weighted by Crippen LogP contribution is -2.36. The number of hydrogen-bond donors (Lipinski definition) is 1. The first-order chi connectivity index (χ1) is 9.25. The van der Waals surface area contributed by atoms with E-state index in [0.717, 1.165) is 0 Å². The van der Waals surface area contributed by atoms with Crippen LogP contribution in [0, 0.1) is 11.8 Å². The molecule has 1 atom stereocenters. The zero-order valence-corrected chi connectivity index (χ0v) is 12.3. The number of hydroxylamine groups is 1. The van der Waals surface area contributed by atoms with Gasteiger partial charge in [0.15, 0.2) is 0 Å². The molecule has 2 fully saturated rings. The summed E-state index contributed by atoms with van der Waals surface area (Å²) in [5.41, 5.74) is 2.99. The van der Waals surface area contributed by atoms with Crippen molar-refractivity contribution in [3.05, 3.63) is 0 Å². The minimum absolute atomic E-state index is 0.0606. The van der Waals surface area contributed by atoms with Crippen LogP contribution in [0.2, 0.25) is 0 Å². The molecule has 110 valence electrons. The van der Waals surface area contributed by atoms with E-state index < -0.39 is 0 Å². The largest absolute Gasteiger partial charge is 0.370 e. The number of nitrogens with one attached hydrogen (secondary N) is 1. The highest BCUT2D eigenvalue weighted by Crippen LogP contribution is 2.27. The third-order valence-electron chi connectivity index (χ3n) is 4.90. The molecule has 0 spiro atoms. The summed E-state index contributed by atoms with van der Waals surface area (Å²) < 4.78 is 0. The third-order valence-corrected chi connectivity index (χ3v) is 4.90. The van der Waals surface area contributed by atoms with Gasteiger partial charge in [0.25, 0.3) is 0 Å². The summed E-state index contributed by atoms with van der Waals surface area (Å²) in [6.45, 7) is 2.14. The topological polar surface area (TPSA) is 38.3 Å². The minimum atomic E-state index is -0.0606. The fourth-order valence-electron chi connectivity index (χ4n) is 3.56. The average molecular weight is 267 g/mol. The lowest BCUT2D eigenvalue weighted by molar-refractivity contribution is -0.155. The molecule has 2 aliphatic carbocycles. The van der Waals surface area contributed by atoms with E-state index in [4.69, 9.17) is 4.84 Å². The Kier molecular flexibility index (Phi) is 6.15. The van der Waals surface area contributed by atoms with Gasteiger partial charge in [-0.1, -0.05) is 38.5 Å². The highest BCUT2D eigenvalue weighted by Gasteiger charge is 2.22. The first-order valence-electron chi connectivity index (χ1n) is 8.21. The van der Waals surface area contributed by atoms with E-state index in [2.05, 4.69) is 12.4 Å². The lowest BCUT2D eigenvalue weighted by Gasteiger charge is -2.28. The second kappa shape index (κ2) is 7.88. The first-order valence-corrected chi connectivity index (χ1v) is 8.21. The van der Waals surface area contributed by atoms with Crippen LogP contribution >= 0.6 is 0 Å². The van der Waals surface area contributed by atoms with Gasteiger partial charge in [0.05, 0.1) is 6.42 Å². The molecule has 3 nitrogen and oxygen atoms in total. The third kappa shape index (κ3) is 5.13. The molecule has 0 aromatic carbocycles. The van der Waals surface area contributed by atoms with Crippen molar-refractivity contribution in [2.45, 2.75) is 83.6 Å². The molecule has 0 radical (unpaired) electrons. The predicted molar refractivity (Wildman–Crippen MR) is 76.5 cm³/mol. The van der Waals surface area contributed by atoms with E-state index in [0.29, 0.717) is 24.3 Å². The predicted octanol–water partition coefficient (Wildman–Crippen LogP) is 3.97. The standard InChI is InChI=1S/C16H29NO2/c1-13(15-10-6-3-7-11-15)17-19-16(18)12-14-8-4-2-5-9-14/h13-15,17H,2-12H2,1H3. The Morgan fingerprint density at radius 2 is 1.63 bits per heavy atom. The van der Waals surface area contributed by atoms with E-state index in [9.17, 15) is 4.79 Å². The zero-order chi connectivity index (χ0) is 13.5. The van der Waals surface area contributed by atoms with Crippen molar-refractivity contribution in [2.75, 3.05) is 0 Å². The smallest absolute Gasteiger partial charge is 0.325 e. The molecule has 1 N–H and O–H groups in total. The van der Waals surface area contributed by atoms with Gasteiger partial charge in [0.1, 0.15) is 0 Å². The fraction of sp³-hybridized carbons (Fsp3) is 0.938. The highest BCUT2D eigenvalue weighted by atomic mass is 16.7. The maximum atomic E-state index is 11.8. The number of rotatable bonds is 5. The Morgan fingerprint density at radius 1 is 1.05 bits per heavy atom. The van der Waals surface area contributed by atoms with Crippen LogP contribution < -0.4 is 5.48 Å². The van der Waals surface area contributed by atoms with Gasteiger partial charge >= 0.3 is 5.97 Å². The SMILES string of the molecule is CC(NOC(=O)CC1CCCCC1)C1CCCCC1. The van der Waals surface area contributed by atoms with E-state index in [1.807, 2.05) is 0 Å². The zero-order valence-electron chi connectivity index (χ0n) is 12.3. The van der Waals surface area contributed by atoms with E-state index in [1.165, 1.54) is 64.2 Å².